The topological polar surface area (TPSA) is 61.8 Å². The summed E-state index contributed by atoms with van der Waals surface area (Å²) in [4.78, 5) is 13.7. The van der Waals surface area contributed by atoms with Gasteiger partial charge in [0.25, 0.3) is 0 Å². The summed E-state index contributed by atoms with van der Waals surface area (Å²) in [5, 5.41) is 10.3. The van der Waals surface area contributed by atoms with Crippen molar-refractivity contribution in [3.8, 4) is 0 Å². The van der Waals surface area contributed by atoms with E-state index in [-0.39, 0.29) is 18.4 Å². The molecule has 0 unspecified atom stereocenters. The molecule has 2 N–H and O–H groups in total. The molecule has 1 saturated heterocycles. The van der Waals surface area contributed by atoms with Crippen LogP contribution in [0.25, 0.3) is 0 Å². The summed E-state index contributed by atoms with van der Waals surface area (Å²) in [5.74, 6) is -0.129. The fourth-order valence-corrected chi connectivity index (χ4v) is 1.77. The molecule has 1 rings (SSSR count). The highest BCUT2D eigenvalue weighted by Gasteiger charge is 2.31. The lowest BCUT2D eigenvalue weighted by atomic mass is 9.93. The molecule has 1 aliphatic rings. The van der Waals surface area contributed by atoms with Crippen molar-refractivity contribution in [2.24, 2.45) is 5.41 Å². The van der Waals surface area contributed by atoms with Crippen LogP contribution in [0.2, 0.25) is 0 Å². The first kappa shape index (κ1) is 19.0. The number of methoxy groups -OCH3 is 1. The standard InChI is InChI=1S/C10H20N2O2.CH4O.ClH/c1-10(2,9(13)14-3)8-12-6-4-11-5-7-12;1-2;/h11H,4-8H2,1-3H3;2H,1H3;1H. The van der Waals surface area contributed by atoms with Gasteiger partial charge in [0.05, 0.1) is 12.5 Å². The van der Waals surface area contributed by atoms with Crippen molar-refractivity contribution in [3.05, 3.63) is 0 Å². The summed E-state index contributed by atoms with van der Waals surface area (Å²) in [7, 11) is 2.45. The van der Waals surface area contributed by atoms with Gasteiger partial charge in [-0.25, -0.2) is 0 Å². The summed E-state index contributed by atoms with van der Waals surface area (Å²) in [6.45, 7) is 8.69. The first-order valence-electron chi connectivity index (χ1n) is 5.52. The van der Waals surface area contributed by atoms with Crippen molar-refractivity contribution < 1.29 is 14.6 Å². The molecular weight excluding hydrogens is 244 g/mol. The number of hydrogen-bond donors (Lipinski definition) is 2. The summed E-state index contributed by atoms with van der Waals surface area (Å²) >= 11 is 0. The molecule has 6 heteroatoms. The lowest BCUT2D eigenvalue weighted by Gasteiger charge is -2.33. The number of carbonyl (C=O) groups excluding carboxylic acids is 1. The molecule has 1 fully saturated rings. The zero-order valence-corrected chi connectivity index (χ0v) is 12.0. The summed E-state index contributed by atoms with van der Waals surface area (Å²) in [5.41, 5.74) is -0.397. The van der Waals surface area contributed by atoms with Crippen LogP contribution in [0.15, 0.2) is 0 Å². The monoisotopic (exact) mass is 268 g/mol. The number of nitrogens with zero attached hydrogens (tertiary/aromatic N) is 1. The molecule has 5 nitrogen and oxygen atoms in total. The highest BCUT2D eigenvalue weighted by molar-refractivity contribution is 5.85. The number of rotatable bonds is 3. The first-order chi connectivity index (χ1) is 7.56. The van der Waals surface area contributed by atoms with Gasteiger partial charge >= 0.3 is 5.97 Å². The minimum atomic E-state index is -0.397. The van der Waals surface area contributed by atoms with E-state index in [0.717, 1.165) is 39.8 Å². The van der Waals surface area contributed by atoms with Crippen LogP contribution in [0.4, 0.5) is 0 Å². The van der Waals surface area contributed by atoms with Crippen LogP contribution in [-0.2, 0) is 9.53 Å². The molecule has 104 valence electrons. The Labute approximate surface area is 110 Å². The van der Waals surface area contributed by atoms with Crippen molar-refractivity contribution in [1.82, 2.24) is 10.2 Å². The molecule has 0 radical (unpaired) electrons. The molecule has 0 aromatic heterocycles. The molecule has 0 bridgehead atoms. The van der Waals surface area contributed by atoms with Gasteiger partial charge in [-0.15, -0.1) is 12.4 Å². The number of hydrogen-bond acceptors (Lipinski definition) is 5. The van der Waals surface area contributed by atoms with Gasteiger partial charge in [-0.3, -0.25) is 9.69 Å². The molecule has 0 amide bonds. The Morgan fingerprint density at radius 1 is 1.35 bits per heavy atom. The van der Waals surface area contributed by atoms with E-state index in [1.54, 1.807) is 0 Å². The van der Waals surface area contributed by atoms with E-state index in [0.29, 0.717) is 0 Å². The van der Waals surface area contributed by atoms with E-state index in [2.05, 4.69) is 10.2 Å². The predicted octanol–water partition coefficient (Wildman–Crippen LogP) is 0.121. The number of carbonyl (C=O) groups is 1. The van der Waals surface area contributed by atoms with Crippen molar-refractivity contribution in [1.29, 1.82) is 0 Å². The number of ether oxygens (including phenoxy) is 1. The van der Waals surface area contributed by atoms with Gasteiger partial charge in [0.1, 0.15) is 0 Å². The molecule has 17 heavy (non-hydrogen) atoms. The fraction of sp³-hybridized carbons (Fsp3) is 0.909. The van der Waals surface area contributed by atoms with Gasteiger partial charge < -0.3 is 15.2 Å². The van der Waals surface area contributed by atoms with Crippen LogP contribution in [0.5, 0.6) is 0 Å². The highest BCUT2D eigenvalue weighted by Crippen LogP contribution is 2.18. The molecule has 0 aliphatic carbocycles. The largest absolute Gasteiger partial charge is 0.469 e. The van der Waals surface area contributed by atoms with Gasteiger partial charge in [0, 0.05) is 39.8 Å². The fourth-order valence-electron chi connectivity index (χ4n) is 1.77. The second kappa shape index (κ2) is 9.65. The van der Waals surface area contributed by atoms with Crippen LogP contribution >= 0.6 is 12.4 Å². The number of piperazine rings is 1. The molecule has 0 aromatic carbocycles. The number of halogens is 1. The number of aliphatic hydroxyl groups excluding tert-OH is 1. The Kier molecular flexibility index (Phi) is 10.8. The van der Waals surface area contributed by atoms with Crippen molar-refractivity contribution in [2.75, 3.05) is 46.9 Å². The van der Waals surface area contributed by atoms with E-state index in [9.17, 15) is 4.79 Å². The Hall–Kier alpha value is -0.360. The lowest BCUT2D eigenvalue weighted by molar-refractivity contribution is -0.151. The van der Waals surface area contributed by atoms with Crippen molar-refractivity contribution >= 4 is 18.4 Å². The van der Waals surface area contributed by atoms with E-state index in [1.807, 2.05) is 13.8 Å². The molecule has 0 saturated carbocycles. The molecule has 0 spiro atoms. The Morgan fingerprint density at radius 2 is 1.82 bits per heavy atom. The van der Waals surface area contributed by atoms with Gasteiger partial charge in [-0.1, -0.05) is 0 Å². The zero-order valence-electron chi connectivity index (χ0n) is 11.2. The SMILES string of the molecule is CO.COC(=O)C(C)(C)CN1CCNCC1.Cl. The summed E-state index contributed by atoms with van der Waals surface area (Å²) in [6, 6.07) is 0. The highest BCUT2D eigenvalue weighted by atomic mass is 35.5. The third-order valence-corrected chi connectivity index (χ3v) is 2.57. The Bertz CT molecular complexity index is 207. The molecule has 0 aromatic rings. The molecular formula is C11H25ClN2O3. The van der Waals surface area contributed by atoms with Crippen molar-refractivity contribution in [2.45, 2.75) is 13.8 Å². The van der Waals surface area contributed by atoms with Gasteiger partial charge in [-0.2, -0.15) is 0 Å². The quantitative estimate of drug-likeness (QED) is 0.712. The zero-order chi connectivity index (χ0) is 12.6. The second-order valence-corrected chi connectivity index (χ2v) is 4.40. The first-order valence-corrected chi connectivity index (χ1v) is 5.52. The smallest absolute Gasteiger partial charge is 0.312 e. The normalized spacial score (nSPS) is 16.3. The molecule has 0 atom stereocenters. The van der Waals surface area contributed by atoms with E-state index >= 15 is 0 Å². The lowest BCUT2D eigenvalue weighted by Crippen LogP contribution is -2.48. The maximum Gasteiger partial charge on any atom is 0.312 e. The summed E-state index contributed by atoms with van der Waals surface area (Å²) < 4.78 is 4.78. The Balaban J connectivity index is 0. The van der Waals surface area contributed by atoms with Crippen LogP contribution in [0.3, 0.4) is 0 Å². The maximum absolute atomic E-state index is 11.4. The van der Waals surface area contributed by atoms with E-state index < -0.39 is 5.41 Å². The van der Waals surface area contributed by atoms with Gasteiger partial charge in [-0.05, 0) is 13.8 Å². The number of aliphatic hydroxyl groups is 1. The molecule has 1 aliphatic heterocycles. The summed E-state index contributed by atoms with van der Waals surface area (Å²) in [6.07, 6.45) is 0. The number of nitrogens with one attached hydrogen (secondary N) is 1. The minimum Gasteiger partial charge on any atom is -0.469 e. The van der Waals surface area contributed by atoms with Crippen LogP contribution in [-0.4, -0.2) is 62.9 Å². The number of esters is 1. The van der Waals surface area contributed by atoms with E-state index in [4.69, 9.17) is 9.84 Å². The average Bonchev–Trinajstić information content (AvgIpc) is 2.31. The van der Waals surface area contributed by atoms with E-state index in [1.165, 1.54) is 7.11 Å². The minimum absolute atomic E-state index is 0. The second-order valence-electron chi connectivity index (χ2n) is 4.40. The van der Waals surface area contributed by atoms with Crippen LogP contribution in [0, 0.1) is 5.41 Å². The maximum atomic E-state index is 11.4. The van der Waals surface area contributed by atoms with Gasteiger partial charge in [0.2, 0.25) is 0 Å². The third-order valence-electron chi connectivity index (χ3n) is 2.57. The third kappa shape index (κ3) is 6.83. The van der Waals surface area contributed by atoms with Gasteiger partial charge in [0.15, 0.2) is 0 Å². The van der Waals surface area contributed by atoms with Crippen LogP contribution < -0.4 is 5.32 Å². The molecule has 1 heterocycles. The Morgan fingerprint density at radius 3 is 2.24 bits per heavy atom. The van der Waals surface area contributed by atoms with Crippen molar-refractivity contribution in [3.63, 3.8) is 0 Å². The van der Waals surface area contributed by atoms with Crippen LogP contribution in [0.1, 0.15) is 13.8 Å². The average molecular weight is 269 g/mol. The predicted molar refractivity (Wildman–Crippen MR) is 70.5 cm³/mol.